The van der Waals surface area contributed by atoms with Crippen molar-refractivity contribution in [2.45, 2.75) is 122 Å². The second-order valence-corrected chi connectivity index (χ2v) is 19.1. The summed E-state index contributed by atoms with van der Waals surface area (Å²) in [6.07, 6.45) is 5.92. The van der Waals surface area contributed by atoms with Crippen LogP contribution in [-0.2, 0) is 40.5 Å². The van der Waals surface area contributed by atoms with Gasteiger partial charge in [0.25, 0.3) is 35.4 Å². The van der Waals surface area contributed by atoms with Crippen molar-refractivity contribution in [3.63, 3.8) is 0 Å². The van der Waals surface area contributed by atoms with E-state index >= 15 is 4.79 Å². The molecule has 72 heavy (non-hydrogen) atoms. The van der Waals surface area contributed by atoms with Crippen molar-refractivity contribution >= 4 is 41.4 Å². The Morgan fingerprint density at radius 1 is 0.681 bits per heavy atom. The molecule has 3 aromatic heterocycles. The average molecular weight is 989 g/mol. The molecule has 21 heteroatoms. The fourth-order valence-electron chi connectivity index (χ4n) is 9.52. The highest BCUT2D eigenvalue weighted by Gasteiger charge is 2.50. The van der Waals surface area contributed by atoms with Crippen molar-refractivity contribution in [1.82, 2.24) is 46.9 Å². The third kappa shape index (κ3) is 9.47. The Balaban J connectivity index is 1.26. The van der Waals surface area contributed by atoms with Crippen molar-refractivity contribution in [1.29, 1.82) is 0 Å². The number of esters is 1. The predicted molar refractivity (Wildman–Crippen MR) is 256 cm³/mol. The summed E-state index contributed by atoms with van der Waals surface area (Å²) < 4.78 is 23.3. The lowest BCUT2D eigenvalue weighted by atomic mass is 9.89. The Morgan fingerprint density at radius 3 is 1.58 bits per heavy atom. The standard InChI is InChI=1S/C51H60N10O11/c1-26-36-40(63)60-50(5,44(67)54-34(42(65)69-7)23-15-16-24-52)47-57-37(28(3)71-47)41(64)61-51(6,45(68)55-38-32-21-13-11-19-30(32)31-20-12-14-22-33(31)38)48-58-35(27(2)72-48)39(62)59-49(4,46(56-36)70-26)43(66)53-25-29-17-9-8-10-18-29/h11-14,19-22,29,34,38H,8-10,15-18,23-25,52H2,1-7H3,(H,53,66)(H,54,67)(H,55,68)(H,59,62)(H,60,63)(H,61,64)/t34?,49-,50-,51-/m0/s1. The molecule has 1 aliphatic heterocycles. The SMILES string of the molecule is COC(=O)C(CCCCN)NC(=O)[C@]1(C)NC(=O)c2nc(oc2C)[C@](C)(C(=O)NCC2CCCCC2)NC(=O)c2nc(oc2C)[C@](C)(C(=O)NC2c3ccccc3-c3ccccc32)NC(=O)c2nc1oc2C. The summed E-state index contributed by atoms with van der Waals surface area (Å²) in [5.74, 6) is -7.86. The Morgan fingerprint density at radius 2 is 1.12 bits per heavy atom. The molecule has 2 aromatic carbocycles. The first kappa shape index (κ1) is 50.7. The summed E-state index contributed by atoms with van der Waals surface area (Å²) in [6.45, 7) is 8.74. The van der Waals surface area contributed by atoms with E-state index in [1.54, 1.807) is 0 Å². The van der Waals surface area contributed by atoms with Gasteiger partial charge < -0.3 is 55.6 Å². The number of oxazole rings is 3. The molecule has 380 valence electrons. The quantitative estimate of drug-likeness (QED) is 0.0681. The molecule has 8 N–H and O–H groups in total. The highest BCUT2D eigenvalue weighted by atomic mass is 16.5. The Hall–Kier alpha value is -7.68. The molecule has 4 atom stereocenters. The summed E-state index contributed by atoms with van der Waals surface area (Å²) in [7, 11) is 1.16. The van der Waals surface area contributed by atoms with Crippen LogP contribution in [0.4, 0.5) is 0 Å². The Bertz CT molecular complexity index is 2910. The van der Waals surface area contributed by atoms with E-state index in [1.165, 1.54) is 41.5 Å². The fourth-order valence-corrected chi connectivity index (χ4v) is 9.52. The van der Waals surface area contributed by atoms with Crippen LogP contribution >= 0.6 is 0 Å². The zero-order valence-corrected chi connectivity index (χ0v) is 41.3. The van der Waals surface area contributed by atoms with Gasteiger partial charge in [0.2, 0.25) is 17.7 Å². The van der Waals surface area contributed by atoms with Gasteiger partial charge in [-0.3, -0.25) is 28.8 Å². The molecule has 8 rings (SSSR count). The molecule has 1 saturated carbocycles. The molecule has 2 aliphatic carbocycles. The van der Waals surface area contributed by atoms with E-state index in [4.69, 9.17) is 23.7 Å². The number of benzene rings is 2. The van der Waals surface area contributed by atoms with Crippen molar-refractivity contribution in [3.05, 3.63) is 112 Å². The summed E-state index contributed by atoms with van der Waals surface area (Å²) in [4.78, 5) is 115. The number of aryl methyl sites for hydroxylation is 3. The van der Waals surface area contributed by atoms with Gasteiger partial charge in [-0.15, -0.1) is 0 Å². The zero-order chi connectivity index (χ0) is 51.7. The van der Waals surface area contributed by atoms with Gasteiger partial charge in [0, 0.05) is 6.54 Å². The molecule has 0 saturated heterocycles. The molecular weight excluding hydrogens is 929 g/mol. The van der Waals surface area contributed by atoms with E-state index in [1.807, 2.05) is 48.5 Å². The molecule has 6 bridgehead atoms. The lowest BCUT2D eigenvalue weighted by molar-refractivity contribution is -0.146. The van der Waals surface area contributed by atoms with Crippen molar-refractivity contribution in [2.75, 3.05) is 20.2 Å². The van der Waals surface area contributed by atoms with Crippen LogP contribution in [0, 0.1) is 26.7 Å². The highest BCUT2D eigenvalue weighted by molar-refractivity contribution is 6.02. The number of aromatic nitrogens is 3. The summed E-state index contributed by atoms with van der Waals surface area (Å²) in [5.41, 5.74) is 1.20. The normalized spacial score (nSPS) is 21.7. The van der Waals surface area contributed by atoms with Gasteiger partial charge in [0.15, 0.2) is 33.7 Å². The van der Waals surface area contributed by atoms with Gasteiger partial charge >= 0.3 is 5.97 Å². The number of hydrogen-bond donors (Lipinski definition) is 7. The maximum Gasteiger partial charge on any atom is 0.328 e. The van der Waals surface area contributed by atoms with E-state index in [0.29, 0.717) is 19.4 Å². The maximum absolute atomic E-state index is 15.1. The number of amides is 6. The predicted octanol–water partition coefficient (Wildman–Crippen LogP) is 4.19. The highest BCUT2D eigenvalue weighted by Crippen LogP contribution is 2.44. The molecule has 21 nitrogen and oxygen atoms in total. The number of nitrogens with two attached hydrogens (primary N) is 1. The van der Waals surface area contributed by atoms with Gasteiger partial charge in [0.1, 0.15) is 23.3 Å². The lowest BCUT2D eigenvalue weighted by Crippen LogP contribution is -2.58. The van der Waals surface area contributed by atoms with E-state index < -0.39 is 99.2 Å². The first-order valence-corrected chi connectivity index (χ1v) is 24.1. The number of carbonyl (C=O) groups excluding carboxylic acids is 7. The van der Waals surface area contributed by atoms with Gasteiger partial charge in [-0.1, -0.05) is 67.8 Å². The van der Waals surface area contributed by atoms with E-state index in [2.05, 4.69) is 46.9 Å². The minimum absolute atomic E-state index is 0.0890. The topological polar surface area (TPSA) is 305 Å². The van der Waals surface area contributed by atoms with E-state index in [-0.39, 0.29) is 41.9 Å². The second-order valence-electron chi connectivity index (χ2n) is 19.1. The van der Waals surface area contributed by atoms with Crippen LogP contribution in [0.1, 0.15) is 156 Å². The number of unbranched alkanes of at least 4 members (excludes halogenated alkanes) is 1. The van der Waals surface area contributed by atoms with Gasteiger partial charge in [0.05, 0.1) is 13.2 Å². The average Bonchev–Trinajstić information content (AvgIpc) is 4.16. The Kier molecular flexibility index (Phi) is 14.2. The largest absolute Gasteiger partial charge is 0.467 e. The number of nitrogens with one attached hydrogen (secondary N) is 6. The van der Waals surface area contributed by atoms with Crippen molar-refractivity contribution in [2.24, 2.45) is 11.7 Å². The molecule has 1 fully saturated rings. The van der Waals surface area contributed by atoms with Crippen LogP contribution in [-0.4, -0.2) is 82.6 Å². The number of rotatable bonds is 12. The van der Waals surface area contributed by atoms with E-state index in [9.17, 15) is 28.8 Å². The van der Waals surface area contributed by atoms with Crippen LogP contribution < -0.4 is 37.6 Å². The third-order valence-corrected chi connectivity index (χ3v) is 13.9. The minimum Gasteiger partial charge on any atom is -0.467 e. The molecular formula is C51H60N10O11. The molecule has 0 radical (unpaired) electrons. The monoisotopic (exact) mass is 988 g/mol. The summed E-state index contributed by atoms with van der Waals surface area (Å²) in [6, 6.07) is 13.2. The van der Waals surface area contributed by atoms with Gasteiger partial charge in [-0.2, -0.15) is 0 Å². The lowest BCUT2D eigenvalue weighted by Gasteiger charge is -2.29. The summed E-state index contributed by atoms with van der Waals surface area (Å²) >= 11 is 0. The fraction of sp³-hybridized carbons (Fsp3) is 0.451. The molecule has 6 amide bonds. The number of ether oxygens (including phenoxy) is 1. The Labute approximate surface area is 415 Å². The van der Waals surface area contributed by atoms with Crippen molar-refractivity contribution in [3.8, 4) is 11.1 Å². The first-order valence-electron chi connectivity index (χ1n) is 24.1. The number of methoxy groups -OCH3 is 1. The smallest absolute Gasteiger partial charge is 0.328 e. The number of hydrogen-bond acceptors (Lipinski definition) is 15. The molecule has 0 spiro atoms. The van der Waals surface area contributed by atoms with E-state index in [0.717, 1.165) is 61.5 Å². The number of fused-ring (bicyclic) bond motifs is 9. The maximum atomic E-state index is 15.1. The summed E-state index contributed by atoms with van der Waals surface area (Å²) in [5, 5.41) is 16.7. The second kappa shape index (κ2) is 20.2. The van der Waals surface area contributed by atoms with Crippen LogP contribution in [0.5, 0.6) is 0 Å². The number of nitrogens with zero attached hydrogens (tertiary/aromatic N) is 3. The molecule has 3 aliphatic rings. The zero-order valence-electron chi connectivity index (χ0n) is 41.3. The molecule has 5 aromatic rings. The van der Waals surface area contributed by atoms with Crippen molar-refractivity contribution < 1.29 is 51.6 Å². The van der Waals surface area contributed by atoms with Crippen LogP contribution in [0.3, 0.4) is 0 Å². The van der Waals surface area contributed by atoms with Crippen LogP contribution in [0.25, 0.3) is 11.1 Å². The minimum atomic E-state index is -2.33. The van der Waals surface area contributed by atoms with Crippen LogP contribution in [0.2, 0.25) is 0 Å². The number of carbonyl (C=O) groups is 7. The first-order chi connectivity index (χ1) is 34.3. The third-order valence-electron chi connectivity index (χ3n) is 13.9. The molecule has 1 unspecified atom stereocenters. The van der Waals surface area contributed by atoms with Gasteiger partial charge in [-0.05, 0) is 108 Å². The van der Waals surface area contributed by atoms with Gasteiger partial charge in [-0.25, -0.2) is 19.7 Å². The molecule has 4 heterocycles. The van der Waals surface area contributed by atoms with Crippen LogP contribution in [0.15, 0.2) is 61.8 Å².